The Labute approximate surface area is 161 Å². The van der Waals surface area contributed by atoms with Crippen LogP contribution in [-0.4, -0.2) is 20.1 Å². The van der Waals surface area contributed by atoms with Crippen LogP contribution in [0.4, 0.5) is 0 Å². The van der Waals surface area contributed by atoms with Crippen LogP contribution in [0, 0.1) is 0 Å². The molecule has 2 heterocycles. The summed E-state index contributed by atoms with van der Waals surface area (Å²) in [6, 6.07) is 15.7. The number of nitrogens with one attached hydrogen (secondary N) is 2. The molecule has 0 aliphatic rings. The van der Waals surface area contributed by atoms with E-state index in [0.717, 1.165) is 19.3 Å². The Kier molecular flexibility index (Phi) is 8.17. The fourth-order valence-corrected chi connectivity index (χ4v) is 2.63. The number of phenolic OH excluding ortho intramolecular Hbond substituents is 1. The molecule has 2 aromatic heterocycles. The first-order valence-electron chi connectivity index (χ1n) is 9.48. The first-order chi connectivity index (χ1) is 13.2. The van der Waals surface area contributed by atoms with Gasteiger partial charge < -0.3 is 15.1 Å². The lowest BCUT2D eigenvalue weighted by Gasteiger charge is -1.93. The molecule has 27 heavy (non-hydrogen) atoms. The van der Waals surface area contributed by atoms with Gasteiger partial charge in [-0.25, -0.2) is 4.98 Å². The summed E-state index contributed by atoms with van der Waals surface area (Å²) in [5.74, 6) is 0.340. The van der Waals surface area contributed by atoms with E-state index < -0.39 is 0 Å². The molecule has 0 spiro atoms. The van der Waals surface area contributed by atoms with E-state index in [4.69, 9.17) is 5.11 Å². The Balaban J connectivity index is 0.000000149. The zero-order chi connectivity index (χ0) is 19.5. The van der Waals surface area contributed by atoms with Crippen LogP contribution in [0.1, 0.15) is 37.6 Å². The fraction of sp³-hybridized carbons (Fsp3) is 0.261. The summed E-state index contributed by atoms with van der Waals surface area (Å²) in [4.78, 5) is 10.1. The van der Waals surface area contributed by atoms with Crippen molar-refractivity contribution < 1.29 is 5.11 Å². The molecule has 0 unspecified atom stereocenters. The lowest BCUT2D eigenvalue weighted by atomic mass is 10.1. The second kappa shape index (κ2) is 10.9. The third kappa shape index (κ3) is 6.33. The minimum absolute atomic E-state index is 0.340. The number of hydrogen-bond acceptors (Lipinski definition) is 2. The van der Waals surface area contributed by atoms with Gasteiger partial charge in [-0.05, 0) is 48.6 Å². The highest BCUT2D eigenvalue weighted by Gasteiger charge is 1.98. The number of rotatable bonds is 3. The molecule has 4 aromatic rings. The molecule has 0 radical (unpaired) electrons. The summed E-state index contributed by atoms with van der Waals surface area (Å²) in [6.07, 6.45) is 8.79. The van der Waals surface area contributed by atoms with Gasteiger partial charge in [0, 0.05) is 29.0 Å². The highest BCUT2D eigenvalue weighted by Crippen LogP contribution is 2.17. The van der Waals surface area contributed by atoms with E-state index >= 15 is 0 Å². The monoisotopic (exact) mass is 363 g/mol. The number of phenols is 1. The van der Waals surface area contributed by atoms with Crippen molar-refractivity contribution >= 4 is 10.9 Å². The van der Waals surface area contributed by atoms with E-state index in [-0.39, 0.29) is 0 Å². The number of aryl methyl sites for hydroxylation is 3. The third-order valence-electron chi connectivity index (χ3n) is 4.34. The molecule has 0 amide bonds. The quantitative estimate of drug-likeness (QED) is 0.440. The van der Waals surface area contributed by atoms with E-state index in [0.29, 0.717) is 5.75 Å². The van der Waals surface area contributed by atoms with Crippen molar-refractivity contribution in [2.24, 2.45) is 0 Å². The summed E-state index contributed by atoms with van der Waals surface area (Å²) >= 11 is 0. The molecule has 2 aromatic carbocycles. The van der Waals surface area contributed by atoms with Crippen molar-refractivity contribution in [3.8, 4) is 5.75 Å². The third-order valence-corrected chi connectivity index (χ3v) is 4.34. The molecule has 3 N–H and O–H groups in total. The molecular weight excluding hydrogens is 334 g/mol. The van der Waals surface area contributed by atoms with Crippen LogP contribution in [0.2, 0.25) is 0 Å². The zero-order valence-electron chi connectivity index (χ0n) is 16.4. The Morgan fingerprint density at radius 1 is 0.852 bits per heavy atom. The van der Waals surface area contributed by atoms with Gasteiger partial charge in [0.1, 0.15) is 5.75 Å². The number of hydrogen-bond donors (Lipinski definition) is 3. The second-order valence-electron chi connectivity index (χ2n) is 6.16. The molecule has 0 aliphatic carbocycles. The average molecular weight is 364 g/mol. The molecule has 4 heteroatoms. The summed E-state index contributed by atoms with van der Waals surface area (Å²) in [5, 5.41) is 10.2. The van der Waals surface area contributed by atoms with Crippen molar-refractivity contribution in [3.05, 3.63) is 84.1 Å². The van der Waals surface area contributed by atoms with E-state index in [1.165, 1.54) is 27.7 Å². The highest BCUT2D eigenvalue weighted by molar-refractivity contribution is 5.82. The molecule has 4 rings (SSSR count). The van der Waals surface area contributed by atoms with Crippen LogP contribution in [-0.2, 0) is 19.3 Å². The number of aromatic hydroxyl groups is 1. The maximum Gasteiger partial charge on any atom is 0.115 e. The van der Waals surface area contributed by atoms with Crippen molar-refractivity contribution in [1.29, 1.82) is 0 Å². The van der Waals surface area contributed by atoms with Gasteiger partial charge >= 0.3 is 0 Å². The molecule has 0 aliphatic heterocycles. The SMILES string of the molecule is CCc1c[nH]c2ccccc12.CCc1ccc(O)cc1.CCc1cnc[nH]1. The molecule has 0 bridgehead atoms. The first kappa shape index (κ1) is 20.3. The van der Waals surface area contributed by atoms with Gasteiger partial charge in [0.25, 0.3) is 0 Å². The van der Waals surface area contributed by atoms with Gasteiger partial charge in [-0.3, -0.25) is 0 Å². The predicted molar refractivity (Wildman–Crippen MR) is 113 cm³/mol. The van der Waals surface area contributed by atoms with Gasteiger partial charge in [0.2, 0.25) is 0 Å². The fourth-order valence-electron chi connectivity index (χ4n) is 2.63. The lowest BCUT2D eigenvalue weighted by molar-refractivity contribution is 0.475. The number of H-pyrrole nitrogens is 2. The summed E-state index contributed by atoms with van der Waals surface area (Å²) in [7, 11) is 0. The van der Waals surface area contributed by atoms with Crippen LogP contribution in [0.15, 0.2) is 67.3 Å². The zero-order valence-corrected chi connectivity index (χ0v) is 16.4. The number of imidazole rings is 1. The minimum atomic E-state index is 0.340. The maximum absolute atomic E-state index is 8.85. The number of aromatic amines is 2. The van der Waals surface area contributed by atoms with Crippen molar-refractivity contribution in [2.75, 3.05) is 0 Å². The topological polar surface area (TPSA) is 64.7 Å². The van der Waals surface area contributed by atoms with Gasteiger partial charge in [0.05, 0.1) is 6.33 Å². The Morgan fingerprint density at radius 2 is 1.59 bits per heavy atom. The normalized spacial score (nSPS) is 9.89. The molecule has 0 saturated heterocycles. The maximum atomic E-state index is 8.85. The Hall–Kier alpha value is -3.01. The second-order valence-corrected chi connectivity index (χ2v) is 6.16. The standard InChI is InChI=1S/C10H11N.C8H10O.C5H8N2/c1-2-8-7-11-10-6-4-3-5-9(8)10;1-2-7-3-5-8(9)6-4-7;1-2-5-3-6-4-7-5/h3-7,11H,2H2,1H3;3-6,9H,2H2,1H3;3-4H,2H2,1H3,(H,6,7). The Bertz CT molecular complexity index is 893. The highest BCUT2D eigenvalue weighted by atomic mass is 16.3. The van der Waals surface area contributed by atoms with Gasteiger partial charge in [-0.1, -0.05) is 51.1 Å². The van der Waals surface area contributed by atoms with Crippen molar-refractivity contribution in [1.82, 2.24) is 15.0 Å². The van der Waals surface area contributed by atoms with Crippen LogP contribution in [0.5, 0.6) is 5.75 Å². The summed E-state index contributed by atoms with van der Waals surface area (Å²) in [5.41, 5.74) is 5.10. The summed E-state index contributed by atoms with van der Waals surface area (Å²) in [6.45, 7) is 6.36. The molecular formula is C23H29N3O. The largest absolute Gasteiger partial charge is 0.508 e. The minimum Gasteiger partial charge on any atom is -0.508 e. The number of para-hydroxylation sites is 1. The van der Waals surface area contributed by atoms with E-state index in [2.05, 4.69) is 66.2 Å². The predicted octanol–water partition coefficient (Wildman–Crippen LogP) is 5.66. The molecule has 0 fully saturated rings. The van der Waals surface area contributed by atoms with Gasteiger partial charge in [-0.2, -0.15) is 0 Å². The van der Waals surface area contributed by atoms with Crippen LogP contribution >= 0.6 is 0 Å². The first-order valence-corrected chi connectivity index (χ1v) is 9.48. The molecule has 0 atom stereocenters. The van der Waals surface area contributed by atoms with Gasteiger partial charge in [0.15, 0.2) is 0 Å². The molecule has 4 nitrogen and oxygen atoms in total. The average Bonchev–Trinajstić information content (AvgIpc) is 3.39. The number of fused-ring (bicyclic) bond motifs is 1. The number of benzene rings is 2. The smallest absolute Gasteiger partial charge is 0.115 e. The number of aromatic nitrogens is 3. The molecule has 0 saturated carbocycles. The van der Waals surface area contributed by atoms with Crippen LogP contribution < -0.4 is 0 Å². The van der Waals surface area contributed by atoms with E-state index in [9.17, 15) is 0 Å². The van der Waals surface area contributed by atoms with Crippen molar-refractivity contribution in [2.45, 2.75) is 40.0 Å². The van der Waals surface area contributed by atoms with Gasteiger partial charge in [-0.15, -0.1) is 0 Å². The van der Waals surface area contributed by atoms with E-state index in [1.807, 2.05) is 18.3 Å². The van der Waals surface area contributed by atoms with Crippen LogP contribution in [0.3, 0.4) is 0 Å². The lowest BCUT2D eigenvalue weighted by Crippen LogP contribution is -1.75. The van der Waals surface area contributed by atoms with Crippen LogP contribution in [0.25, 0.3) is 10.9 Å². The molecule has 142 valence electrons. The van der Waals surface area contributed by atoms with E-state index in [1.54, 1.807) is 18.5 Å². The van der Waals surface area contributed by atoms with Crippen molar-refractivity contribution in [3.63, 3.8) is 0 Å². The summed E-state index contributed by atoms with van der Waals surface area (Å²) < 4.78 is 0. The Morgan fingerprint density at radius 3 is 2.15 bits per heavy atom. The number of nitrogens with zero attached hydrogens (tertiary/aromatic N) is 1.